The van der Waals surface area contributed by atoms with E-state index in [0.717, 1.165) is 24.4 Å². The van der Waals surface area contributed by atoms with Crippen molar-refractivity contribution >= 4 is 28.7 Å². The molecule has 2 nitrogen and oxygen atoms in total. The van der Waals surface area contributed by atoms with Crippen molar-refractivity contribution < 1.29 is 0 Å². The molecule has 2 aromatic carbocycles. The normalized spacial score (nSPS) is 16.3. The second-order valence-corrected chi connectivity index (χ2v) is 6.53. The van der Waals surface area contributed by atoms with Crippen molar-refractivity contribution in [2.24, 2.45) is 0 Å². The van der Waals surface area contributed by atoms with Gasteiger partial charge in [-0.2, -0.15) is 0 Å². The zero-order valence-corrected chi connectivity index (χ0v) is 14.9. The van der Waals surface area contributed by atoms with Gasteiger partial charge in [0.2, 0.25) is 0 Å². The summed E-state index contributed by atoms with van der Waals surface area (Å²) in [6, 6.07) is 15.5. The standard InChI is InChI=1S/C20H24N2S/c1-4-15-10-8-11-16(5-2)19(15)21-20(23)22-14(3)13-17-9-6-7-12-18(17)22/h6-12,14H,4-5,13H2,1-3H3,(H,21,23). The quantitative estimate of drug-likeness (QED) is 0.803. The fourth-order valence-electron chi connectivity index (χ4n) is 3.45. The third-order valence-electron chi connectivity index (χ3n) is 4.66. The molecular formula is C20H24N2S. The molecule has 3 rings (SSSR count). The molecule has 1 aliphatic rings. The second-order valence-electron chi connectivity index (χ2n) is 6.14. The minimum atomic E-state index is 0.395. The van der Waals surface area contributed by atoms with Crippen LogP contribution in [0.4, 0.5) is 11.4 Å². The van der Waals surface area contributed by atoms with Gasteiger partial charge in [0, 0.05) is 17.4 Å². The van der Waals surface area contributed by atoms with Crippen LogP contribution in [0.25, 0.3) is 0 Å². The SMILES string of the molecule is CCc1cccc(CC)c1NC(=S)N1c2ccccc2CC1C. The van der Waals surface area contributed by atoms with Crippen LogP contribution in [0, 0.1) is 0 Å². The van der Waals surface area contributed by atoms with E-state index in [0.29, 0.717) is 6.04 Å². The summed E-state index contributed by atoms with van der Waals surface area (Å²) in [6.07, 6.45) is 3.06. The van der Waals surface area contributed by atoms with Crippen molar-refractivity contribution in [3.8, 4) is 0 Å². The number of anilines is 2. The van der Waals surface area contributed by atoms with E-state index in [4.69, 9.17) is 12.2 Å². The minimum absolute atomic E-state index is 0.395. The number of rotatable bonds is 3. The molecule has 1 N–H and O–H groups in total. The Bertz CT molecular complexity index is 701. The van der Waals surface area contributed by atoms with Crippen LogP contribution in [0.15, 0.2) is 42.5 Å². The smallest absolute Gasteiger partial charge is 0.178 e. The van der Waals surface area contributed by atoms with Gasteiger partial charge in [0.05, 0.1) is 0 Å². The van der Waals surface area contributed by atoms with Crippen LogP contribution in [0.2, 0.25) is 0 Å². The summed E-state index contributed by atoms with van der Waals surface area (Å²) >= 11 is 5.78. The zero-order chi connectivity index (χ0) is 16.4. The first-order valence-corrected chi connectivity index (χ1v) is 8.85. The molecule has 0 saturated carbocycles. The van der Waals surface area contributed by atoms with Gasteiger partial charge in [-0.05, 0) is 61.2 Å². The Morgan fingerprint density at radius 3 is 2.39 bits per heavy atom. The molecule has 2 aromatic rings. The maximum atomic E-state index is 5.78. The molecule has 1 heterocycles. The van der Waals surface area contributed by atoms with Crippen molar-refractivity contribution in [1.29, 1.82) is 0 Å². The van der Waals surface area contributed by atoms with E-state index in [1.807, 2.05) is 0 Å². The van der Waals surface area contributed by atoms with Gasteiger partial charge < -0.3 is 10.2 Å². The number of benzene rings is 2. The van der Waals surface area contributed by atoms with E-state index < -0.39 is 0 Å². The highest BCUT2D eigenvalue weighted by molar-refractivity contribution is 7.80. The predicted molar refractivity (Wildman–Crippen MR) is 104 cm³/mol. The molecule has 23 heavy (non-hydrogen) atoms. The van der Waals surface area contributed by atoms with Crippen LogP contribution in [-0.2, 0) is 19.3 Å². The highest BCUT2D eigenvalue weighted by Gasteiger charge is 2.28. The second kappa shape index (κ2) is 6.71. The lowest BCUT2D eigenvalue weighted by atomic mass is 10.0. The fraction of sp³-hybridized carbons (Fsp3) is 0.350. The molecule has 1 unspecified atom stereocenters. The predicted octanol–water partition coefficient (Wildman–Crippen LogP) is 4.96. The van der Waals surface area contributed by atoms with Gasteiger partial charge in [-0.25, -0.2) is 0 Å². The molecular weight excluding hydrogens is 300 g/mol. The maximum Gasteiger partial charge on any atom is 0.178 e. The number of nitrogens with zero attached hydrogens (tertiary/aromatic N) is 1. The van der Waals surface area contributed by atoms with Crippen LogP contribution in [0.5, 0.6) is 0 Å². The van der Waals surface area contributed by atoms with Gasteiger partial charge >= 0.3 is 0 Å². The van der Waals surface area contributed by atoms with E-state index in [1.165, 1.54) is 28.1 Å². The number of nitrogens with one attached hydrogen (secondary N) is 1. The molecule has 0 fully saturated rings. The molecule has 0 saturated heterocycles. The van der Waals surface area contributed by atoms with E-state index in [9.17, 15) is 0 Å². The third kappa shape index (κ3) is 2.98. The summed E-state index contributed by atoms with van der Waals surface area (Å²) in [4.78, 5) is 2.26. The Balaban J connectivity index is 1.91. The van der Waals surface area contributed by atoms with E-state index in [1.54, 1.807) is 0 Å². The zero-order valence-electron chi connectivity index (χ0n) is 14.1. The molecule has 1 atom stereocenters. The highest BCUT2D eigenvalue weighted by atomic mass is 32.1. The third-order valence-corrected chi connectivity index (χ3v) is 4.96. The highest BCUT2D eigenvalue weighted by Crippen LogP contribution is 2.33. The Hall–Kier alpha value is -1.87. The van der Waals surface area contributed by atoms with Gasteiger partial charge in [-0.3, -0.25) is 0 Å². The average Bonchev–Trinajstić information content (AvgIpc) is 2.90. The van der Waals surface area contributed by atoms with E-state index >= 15 is 0 Å². The van der Waals surface area contributed by atoms with Crippen molar-refractivity contribution in [2.75, 3.05) is 10.2 Å². The molecule has 0 spiro atoms. The largest absolute Gasteiger partial charge is 0.332 e. The first kappa shape index (κ1) is 16.0. The van der Waals surface area contributed by atoms with Crippen molar-refractivity contribution in [3.05, 3.63) is 59.2 Å². The lowest BCUT2D eigenvalue weighted by molar-refractivity contribution is 0.776. The van der Waals surface area contributed by atoms with Gasteiger partial charge in [0.25, 0.3) is 0 Å². The van der Waals surface area contributed by atoms with Crippen LogP contribution < -0.4 is 10.2 Å². The Morgan fingerprint density at radius 1 is 1.09 bits per heavy atom. The number of hydrogen-bond donors (Lipinski definition) is 1. The number of hydrogen-bond acceptors (Lipinski definition) is 1. The van der Waals surface area contributed by atoms with E-state index in [2.05, 4.69) is 73.5 Å². The fourth-order valence-corrected chi connectivity index (χ4v) is 3.83. The first-order chi connectivity index (χ1) is 11.2. The number of thiocarbonyl (C=S) groups is 1. The Morgan fingerprint density at radius 2 is 1.74 bits per heavy atom. The lowest BCUT2D eigenvalue weighted by Crippen LogP contribution is -2.39. The number of aryl methyl sites for hydroxylation is 2. The summed E-state index contributed by atoms with van der Waals surface area (Å²) in [5.74, 6) is 0. The van der Waals surface area contributed by atoms with Gasteiger partial charge in [0.15, 0.2) is 5.11 Å². The van der Waals surface area contributed by atoms with Gasteiger partial charge in [0.1, 0.15) is 0 Å². The summed E-state index contributed by atoms with van der Waals surface area (Å²) in [5.41, 5.74) is 6.46. The molecule has 1 aliphatic heterocycles. The van der Waals surface area contributed by atoms with Crippen LogP contribution >= 0.6 is 12.2 Å². The molecule has 3 heteroatoms. The van der Waals surface area contributed by atoms with Crippen LogP contribution in [0.1, 0.15) is 37.5 Å². The Kier molecular flexibility index (Phi) is 4.67. The summed E-state index contributed by atoms with van der Waals surface area (Å²) in [5, 5.41) is 4.36. The number of fused-ring (bicyclic) bond motifs is 1. The summed E-state index contributed by atoms with van der Waals surface area (Å²) < 4.78 is 0. The Labute approximate surface area is 144 Å². The van der Waals surface area contributed by atoms with Crippen LogP contribution in [0.3, 0.4) is 0 Å². The minimum Gasteiger partial charge on any atom is -0.332 e. The van der Waals surface area contributed by atoms with E-state index in [-0.39, 0.29) is 0 Å². The molecule has 0 aromatic heterocycles. The van der Waals surface area contributed by atoms with Crippen molar-refractivity contribution in [1.82, 2.24) is 0 Å². The molecule has 0 bridgehead atoms. The van der Waals surface area contributed by atoms with Crippen LogP contribution in [-0.4, -0.2) is 11.2 Å². The van der Waals surface area contributed by atoms with Gasteiger partial charge in [-0.15, -0.1) is 0 Å². The summed E-state index contributed by atoms with van der Waals surface area (Å²) in [7, 11) is 0. The molecule has 0 radical (unpaired) electrons. The van der Waals surface area contributed by atoms with Gasteiger partial charge in [-0.1, -0.05) is 50.2 Å². The molecule has 0 aliphatic carbocycles. The van der Waals surface area contributed by atoms with Crippen molar-refractivity contribution in [2.45, 2.75) is 46.1 Å². The van der Waals surface area contributed by atoms with Crippen molar-refractivity contribution in [3.63, 3.8) is 0 Å². The maximum absolute atomic E-state index is 5.78. The topological polar surface area (TPSA) is 15.3 Å². The first-order valence-electron chi connectivity index (χ1n) is 8.44. The number of para-hydroxylation sites is 2. The summed E-state index contributed by atoms with van der Waals surface area (Å²) in [6.45, 7) is 6.62. The molecule has 0 amide bonds. The monoisotopic (exact) mass is 324 g/mol. The lowest BCUT2D eigenvalue weighted by Gasteiger charge is -2.27. The average molecular weight is 324 g/mol. The molecule has 120 valence electrons.